The van der Waals surface area contributed by atoms with Crippen molar-refractivity contribution >= 4 is 34.1 Å². The second-order valence-corrected chi connectivity index (χ2v) is 16.1. The molecule has 0 unspecified atom stereocenters. The normalized spacial score (nSPS) is 12.1. The van der Waals surface area contributed by atoms with Crippen LogP contribution in [0.15, 0.2) is 243 Å². The van der Waals surface area contributed by atoms with Gasteiger partial charge in [0.2, 0.25) is 0 Å². The van der Waals surface area contributed by atoms with Gasteiger partial charge in [0, 0.05) is 33.6 Å². The molecule has 290 valence electrons. The van der Waals surface area contributed by atoms with Crippen molar-refractivity contribution in [3.8, 4) is 77.9 Å². The lowest BCUT2D eigenvalue weighted by atomic mass is 9.89. The van der Waals surface area contributed by atoms with E-state index in [1.807, 2.05) is 0 Å². The van der Waals surface area contributed by atoms with Crippen LogP contribution in [0, 0.1) is 0 Å². The summed E-state index contributed by atoms with van der Waals surface area (Å²) in [5.41, 5.74) is 23.7. The molecule has 10 aromatic carbocycles. The number of para-hydroxylation sites is 2. The lowest BCUT2D eigenvalue weighted by Gasteiger charge is -2.28. The van der Waals surface area contributed by atoms with E-state index in [4.69, 9.17) is 0 Å². The Morgan fingerprint density at radius 3 is 0.710 bits per heavy atom. The quantitative estimate of drug-likeness (QED) is 0.171. The van der Waals surface area contributed by atoms with Gasteiger partial charge >= 0.3 is 0 Å². The molecule has 0 aromatic heterocycles. The van der Waals surface area contributed by atoms with Crippen molar-refractivity contribution in [3.63, 3.8) is 0 Å². The number of hydrogen-bond donors (Lipinski definition) is 0. The molecule has 0 amide bonds. The number of fused-ring (bicyclic) bond motifs is 10. The Morgan fingerprint density at radius 1 is 0.177 bits per heavy atom. The molecule has 0 aliphatic carbocycles. The smallest absolute Gasteiger partial charge is 0.0540 e. The number of hydrogen-bond acceptors (Lipinski definition) is 2. The molecule has 2 heteroatoms. The van der Waals surface area contributed by atoms with Gasteiger partial charge in [-0.05, 0) is 128 Å². The SMILES string of the molecule is c1ccc(-c2ccc3c(c2)-c2ccccc2-c2cc(-c4ccc5c(c4)-c4ccccc4-c4cc(-c6ccccc6)ccc4N5c4ccccc4)ccc2N3c2ccccc2)cc1. The fraction of sp³-hybridized carbons (Fsp3) is 0. The van der Waals surface area contributed by atoms with Crippen molar-refractivity contribution in [2.24, 2.45) is 0 Å². The minimum atomic E-state index is 1.13. The molecule has 0 saturated carbocycles. The van der Waals surface area contributed by atoms with Crippen molar-refractivity contribution in [1.29, 1.82) is 0 Å². The van der Waals surface area contributed by atoms with Crippen LogP contribution in [0.5, 0.6) is 0 Å². The van der Waals surface area contributed by atoms with Crippen molar-refractivity contribution < 1.29 is 0 Å². The number of rotatable bonds is 5. The van der Waals surface area contributed by atoms with Crippen LogP contribution in [-0.4, -0.2) is 0 Å². The second kappa shape index (κ2) is 14.8. The van der Waals surface area contributed by atoms with Gasteiger partial charge in [-0.3, -0.25) is 0 Å². The molecule has 10 aromatic rings. The topological polar surface area (TPSA) is 6.48 Å². The Hall–Kier alpha value is -8.20. The highest BCUT2D eigenvalue weighted by Crippen LogP contribution is 2.55. The highest BCUT2D eigenvalue weighted by molar-refractivity contribution is 6.06. The first-order chi connectivity index (χ1) is 30.8. The minimum Gasteiger partial charge on any atom is -0.309 e. The summed E-state index contributed by atoms with van der Waals surface area (Å²) in [6, 6.07) is 88.7. The second-order valence-electron chi connectivity index (χ2n) is 16.1. The highest BCUT2D eigenvalue weighted by atomic mass is 15.2. The first-order valence-corrected chi connectivity index (χ1v) is 21.3. The van der Waals surface area contributed by atoms with Gasteiger partial charge in [0.1, 0.15) is 0 Å². The molecule has 0 saturated heterocycles. The van der Waals surface area contributed by atoms with Gasteiger partial charge in [-0.2, -0.15) is 0 Å². The average molecular weight is 789 g/mol. The molecule has 0 radical (unpaired) electrons. The van der Waals surface area contributed by atoms with Crippen molar-refractivity contribution in [3.05, 3.63) is 243 Å². The van der Waals surface area contributed by atoms with Crippen LogP contribution in [0.25, 0.3) is 77.9 Å². The molecule has 0 fully saturated rings. The Balaban J connectivity index is 1.06. The summed E-state index contributed by atoms with van der Waals surface area (Å²) in [6.45, 7) is 0. The third-order valence-corrected chi connectivity index (χ3v) is 12.5. The fourth-order valence-electron chi connectivity index (χ4n) is 9.64. The maximum absolute atomic E-state index is 2.44. The van der Waals surface area contributed by atoms with Gasteiger partial charge in [-0.1, -0.05) is 170 Å². The van der Waals surface area contributed by atoms with E-state index in [2.05, 4.69) is 252 Å². The van der Waals surface area contributed by atoms with Crippen LogP contribution in [0.2, 0.25) is 0 Å². The molecule has 0 spiro atoms. The van der Waals surface area contributed by atoms with Crippen LogP contribution >= 0.6 is 0 Å². The molecule has 2 aliphatic rings. The number of nitrogens with zero attached hydrogens (tertiary/aromatic N) is 2. The first-order valence-electron chi connectivity index (χ1n) is 21.3. The maximum Gasteiger partial charge on any atom is 0.0540 e. The predicted molar refractivity (Wildman–Crippen MR) is 261 cm³/mol. The van der Waals surface area contributed by atoms with E-state index >= 15 is 0 Å². The first kappa shape index (κ1) is 35.7. The van der Waals surface area contributed by atoms with Gasteiger partial charge in [0.25, 0.3) is 0 Å². The van der Waals surface area contributed by atoms with E-state index in [0.29, 0.717) is 0 Å². The van der Waals surface area contributed by atoms with E-state index in [1.54, 1.807) is 0 Å². The number of anilines is 6. The average Bonchev–Trinajstić information content (AvgIpc) is 3.55. The van der Waals surface area contributed by atoms with Gasteiger partial charge in [-0.25, -0.2) is 0 Å². The van der Waals surface area contributed by atoms with Crippen LogP contribution in [0.1, 0.15) is 0 Å². The van der Waals surface area contributed by atoms with Gasteiger partial charge in [0.15, 0.2) is 0 Å². The van der Waals surface area contributed by atoms with E-state index in [-0.39, 0.29) is 0 Å². The van der Waals surface area contributed by atoms with Crippen LogP contribution in [0.3, 0.4) is 0 Å². The summed E-state index contributed by atoms with van der Waals surface area (Å²) in [5, 5.41) is 0. The molecular weight excluding hydrogens is 749 g/mol. The van der Waals surface area contributed by atoms with Crippen LogP contribution in [-0.2, 0) is 0 Å². The molecular formula is C60H40N2. The van der Waals surface area contributed by atoms with Crippen molar-refractivity contribution in [1.82, 2.24) is 0 Å². The van der Waals surface area contributed by atoms with E-state index in [0.717, 1.165) is 34.1 Å². The Bertz CT molecular complexity index is 3060. The van der Waals surface area contributed by atoms with Gasteiger partial charge in [0.05, 0.1) is 22.7 Å². The zero-order valence-corrected chi connectivity index (χ0v) is 34.0. The minimum absolute atomic E-state index is 1.13. The lowest BCUT2D eigenvalue weighted by molar-refractivity contribution is 1.29. The zero-order chi connectivity index (χ0) is 41.0. The molecule has 0 atom stereocenters. The Labute approximate surface area is 362 Å². The summed E-state index contributed by atoms with van der Waals surface area (Å²) < 4.78 is 0. The fourth-order valence-corrected chi connectivity index (χ4v) is 9.64. The van der Waals surface area contributed by atoms with Crippen molar-refractivity contribution in [2.45, 2.75) is 0 Å². The molecule has 0 N–H and O–H groups in total. The molecule has 0 bridgehead atoms. The largest absolute Gasteiger partial charge is 0.309 e. The molecule has 62 heavy (non-hydrogen) atoms. The van der Waals surface area contributed by atoms with Gasteiger partial charge in [-0.15, -0.1) is 0 Å². The van der Waals surface area contributed by atoms with Crippen molar-refractivity contribution in [2.75, 3.05) is 9.80 Å². The maximum atomic E-state index is 2.44. The Morgan fingerprint density at radius 2 is 0.419 bits per heavy atom. The molecule has 2 aliphatic heterocycles. The Kier molecular flexibility index (Phi) is 8.53. The summed E-state index contributed by atoms with van der Waals surface area (Å²) in [7, 11) is 0. The van der Waals surface area contributed by atoms with E-state index in [9.17, 15) is 0 Å². The molecule has 2 nitrogen and oxygen atoms in total. The third-order valence-electron chi connectivity index (χ3n) is 12.5. The van der Waals surface area contributed by atoms with E-state index in [1.165, 1.54) is 77.9 Å². The zero-order valence-electron chi connectivity index (χ0n) is 34.0. The predicted octanol–water partition coefficient (Wildman–Crippen LogP) is 16.9. The summed E-state index contributed by atoms with van der Waals surface area (Å²) in [4.78, 5) is 4.88. The molecule has 12 rings (SSSR count). The lowest BCUT2D eigenvalue weighted by Crippen LogP contribution is -2.11. The van der Waals surface area contributed by atoms with Gasteiger partial charge < -0.3 is 9.80 Å². The standard InChI is InChI=1S/C60H40N2/c1-5-17-41(18-6-1)43-29-33-57-53(37-43)49-25-13-15-27-51(49)55-39-45(31-35-59(55)61(57)47-21-9-3-10-22-47)46-32-36-60-56(40-46)52-28-16-14-26-50(52)54-38-44(42-19-7-2-8-20-42)30-34-58(54)62(60)48-23-11-4-12-24-48/h1-40H. The summed E-state index contributed by atoms with van der Waals surface area (Å²) in [5.74, 6) is 0. The van der Waals surface area contributed by atoms with Crippen LogP contribution in [0.4, 0.5) is 34.1 Å². The highest BCUT2D eigenvalue weighted by Gasteiger charge is 2.29. The summed E-state index contributed by atoms with van der Waals surface area (Å²) in [6.07, 6.45) is 0. The number of benzene rings is 10. The third kappa shape index (κ3) is 5.96. The summed E-state index contributed by atoms with van der Waals surface area (Å²) >= 11 is 0. The monoisotopic (exact) mass is 788 g/mol. The van der Waals surface area contributed by atoms with E-state index < -0.39 is 0 Å². The van der Waals surface area contributed by atoms with Crippen LogP contribution < -0.4 is 9.80 Å². The molecule has 2 heterocycles.